The van der Waals surface area contributed by atoms with Gasteiger partial charge in [0.2, 0.25) is 0 Å². The molecule has 0 unspecified atom stereocenters. The van der Waals surface area contributed by atoms with Crippen molar-refractivity contribution in [2.24, 2.45) is 0 Å². The van der Waals surface area contributed by atoms with Gasteiger partial charge in [-0.1, -0.05) is 0 Å². The van der Waals surface area contributed by atoms with E-state index in [9.17, 15) is 13.9 Å². The van der Waals surface area contributed by atoms with E-state index in [0.29, 0.717) is 12.4 Å². The summed E-state index contributed by atoms with van der Waals surface area (Å²) in [5.74, 6) is 0.416. The van der Waals surface area contributed by atoms with Gasteiger partial charge in [0.05, 0.1) is 18.0 Å². The standard InChI is InChI=1S/C25H16F2I2O2S/c26-17-1-7-20(8-2-17)32(21-9-3-18(27)4-10-21)22-11-5-19(6-12-22)31-15-16-13-23(28)25(30)24(29)14-16/h1-14H,15H2/p+1. The maximum absolute atomic E-state index is 13.5. The molecule has 0 amide bonds. The van der Waals surface area contributed by atoms with Gasteiger partial charge in [0, 0.05) is 0 Å². The van der Waals surface area contributed by atoms with Gasteiger partial charge in [-0.3, -0.25) is 0 Å². The van der Waals surface area contributed by atoms with Crippen LogP contribution in [-0.2, 0) is 17.5 Å². The molecule has 0 bridgehead atoms. The lowest BCUT2D eigenvalue weighted by atomic mass is 10.2. The maximum Gasteiger partial charge on any atom is 0.166 e. The summed E-state index contributed by atoms with van der Waals surface area (Å²) >= 11 is 4.20. The first-order chi connectivity index (χ1) is 15.4. The van der Waals surface area contributed by atoms with Gasteiger partial charge in [-0.25, -0.2) is 8.78 Å². The summed E-state index contributed by atoms with van der Waals surface area (Å²) in [5, 5.41) is 9.92. The average molecular weight is 673 g/mol. The van der Waals surface area contributed by atoms with E-state index in [2.05, 4.69) is 45.2 Å². The third-order valence-corrected chi connectivity index (χ3v) is 8.52. The average Bonchev–Trinajstić information content (AvgIpc) is 2.79. The highest BCUT2D eigenvalue weighted by atomic mass is 127. The van der Waals surface area contributed by atoms with Crippen LogP contribution >= 0.6 is 45.2 Å². The van der Waals surface area contributed by atoms with Crippen molar-refractivity contribution >= 4 is 56.1 Å². The SMILES string of the molecule is Oc1c(I)cc(COc2ccc([S+](c3ccc(F)cc3)c3ccc(F)cc3)cc2)cc1I. The van der Waals surface area contributed by atoms with E-state index in [-0.39, 0.29) is 17.4 Å². The normalized spacial score (nSPS) is 11.0. The summed E-state index contributed by atoms with van der Waals surface area (Å²) in [7, 11) is -0.507. The quantitative estimate of drug-likeness (QED) is 0.169. The van der Waals surface area contributed by atoms with Crippen molar-refractivity contribution in [1.29, 1.82) is 0 Å². The number of rotatable bonds is 6. The Morgan fingerprint density at radius 2 is 1.09 bits per heavy atom. The minimum atomic E-state index is -0.507. The monoisotopic (exact) mass is 673 g/mol. The zero-order valence-corrected chi connectivity index (χ0v) is 21.7. The number of phenolic OH excluding ortho intramolecular Hbond substituents is 1. The first-order valence-corrected chi connectivity index (χ1v) is 12.9. The van der Waals surface area contributed by atoms with Crippen LogP contribution in [0.5, 0.6) is 11.5 Å². The summed E-state index contributed by atoms with van der Waals surface area (Å²) in [4.78, 5) is 2.91. The first-order valence-electron chi connectivity index (χ1n) is 9.56. The van der Waals surface area contributed by atoms with Crippen LogP contribution < -0.4 is 4.74 Å². The largest absolute Gasteiger partial charge is 0.506 e. The predicted octanol–water partition coefficient (Wildman–Crippen LogP) is 7.55. The second kappa shape index (κ2) is 10.4. The highest BCUT2D eigenvalue weighted by Crippen LogP contribution is 2.33. The predicted molar refractivity (Wildman–Crippen MR) is 139 cm³/mol. The molecule has 0 radical (unpaired) electrons. The van der Waals surface area contributed by atoms with Crippen LogP contribution in [0.15, 0.2) is 99.6 Å². The minimum absolute atomic E-state index is 0.285. The van der Waals surface area contributed by atoms with E-state index in [1.807, 2.05) is 36.4 Å². The number of phenols is 1. The molecule has 7 heteroatoms. The molecule has 0 saturated carbocycles. The Morgan fingerprint density at radius 3 is 1.53 bits per heavy atom. The molecule has 4 aromatic rings. The molecule has 0 fully saturated rings. The number of hydrogen-bond donors (Lipinski definition) is 1. The number of hydrogen-bond acceptors (Lipinski definition) is 2. The molecular formula is C25H17F2I2O2S+. The van der Waals surface area contributed by atoms with Crippen LogP contribution in [0.2, 0.25) is 0 Å². The molecule has 4 rings (SSSR count). The third-order valence-electron chi connectivity index (χ3n) is 4.64. The van der Waals surface area contributed by atoms with Crippen molar-refractivity contribution in [2.75, 3.05) is 0 Å². The molecule has 32 heavy (non-hydrogen) atoms. The Bertz CT molecular complexity index is 1150. The number of halogens is 4. The van der Waals surface area contributed by atoms with E-state index in [4.69, 9.17) is 4.74 Å². The summed E-state index contributed by atoms with van der Waals surface area (Å²) in [6, 6.07) is 24.4. The van der Waals surface area contributed by atoms with Crippen LogP contribution in [0, 0.1) is 18.8 Å². The van der Waals surface area contributed by atoms with Gasteiger partial charge in [-0.15, -0.1) is 0 Å². The van der Waals surface area contributed by atoms with Crippen molar-refractivity contribution in [3.8, 4) is 11.5 Å². The lowest BCUT2D eigenvalue weighted by molar-refractivity contribution is 0.305. The fourth-order valence-corrected chi connectivity index (χ4v) is 7.03. The van der Waals surface area contributed by atoms with E-state index in [1.165, 1.54) is 24.3 Å². The van der Waals surface area contributed by atoms with Gasteiger partial charge < -0.3 is 9.84 Å². The molecule has 0 aliphatic heterocycles. The molecule has 0 aliphatic carbocycles. The fraction of sp³-hybridized carbons (Fsp3) is 0.0400. The second-order valence-electron chi connectivity index (χ2n) is 6.88. The van der Waals surface area contributed by atoms with E-state index >= 15 is 0 Å². The Balaban J connectivity index is 1.58. The summed E-state index contributed by atoms with van der Waals surface area (Å²) < 4.78 is 34.5. The third kappa shape index (κ3) is 5.55. The molecule has 0 aromatic heterocycles. The van der Waals surface area contributed by atoms with Gasteiger partial charge >= 0.3 is 0 Å². The molecule has 0 atom stereocenters. The molecule has 0 saturated heterocycles. The smallest absolute Gasteiger partial charge is 0.166 e. The van der Waals surface area contributed by atoms with Crippen molar-refractivity contribution in [2.45, 2.75) is 21.3 Å². The van der Waals surface area contributed by atoms with Gasteiger partial charge in [0.25, 0.3) is 0 Å². The minimum Gasteiger partial charge on any atom is -0.506 e. The highest BCUT2D eigenvalue weighted by molar-refractivity contribution is 14.1. The van der Waals surface area contributed by atoms with Crippen LogP contribution in [0.4, 0.5) is 8.78 Å². The van der Waals surface area contributed by atoms with Gasteiger partial charge in [0.1, 0.15) is 29.7 Å². The zero-order valence-electron chi connectivity index (χ0n) is 16.6. The summed E-state index contributed by atoms with van der Waals surface area (Å²) in [6.45, 7) is 0.382. The summed E-state index contributed by atoms with van der Waals surface area (Å²) in [6.07, 6.45) is 0. The fourth-order valence-electron chi connectivity index (χ4n) is 3.09. The number of benzene rings is 4. The molecule has 0 aliphatic rings. The zero-order chi connectivity index (χ0) is 22.7. The van der Waals surface area contributed by atoms with Crippen LogP contribution in [0.25, 0.3) is 0 Å². The molecule has 0 spiro atoms. The number of aromatic hydroxyl groups is 1. The topological polar surface area (TPSA) is 29.5 Å². The van der Waals surface area contributed by atoms with Crippen molar-refractivity contribution in [3.63, 3.8) is 0 Å². The first kappa shape index (κ1) is 23.3. The molecule has 162 valence electrons. The molecule has 1 N–H and O–H groups in total. The Morgan fingerprint density at radius 1 is 0.688 bits per heavy atom. The lowest BCUT2D eigenvalue weighted by Gasteiger charge is -2.11. The van der Waals surface area contributed by atoms with Crippen LogP contribution in [-0.4, -0.2) is 5.11 Å². The van der Waals surface area contributed by atoms with Crippen LogP contribution in [0.3, 0.4) is 0 Å². The van der Waals surface area contributed by atoms with Crippen molar-refractivity contribution in [3.05, 3.63) is 109 Å². The van der Waals surface area contributed by atoms with Gasteiger partial charge in [0.15, 0.2) is 14.7 Å². The van der Waals surface area contributed by atoms with Gasteiger partial charge in [-0.2, -0.15) is 0 Å². The molecule has 4 aromatic carbocycles. The maximum atomic E-state index is 13.5. The Labute approximate surface area is 215 Å². The second-order valence-corrected chi connectivity index (χ2v) is 11.2. The van der Waals surface area contributed by atoms with E-state index < -0.39 is 10.9 Å². The molecular weight excluding hydrogens is 656 g/mol. The van der Waals surface area contributed by atoms with Gasteiger partial charge in [-0.05, 0) is 136 Å². The van der Waals surface area contributed by atoms with E-state index in [0.717, 1.165) is 27.4 Å². The van der Waals surface area contributed by atoms with E-state index in [1.54, 1.807) is 24.3 Å². The number of ether oxygens (including phenoxy) is 1. The summed E-state index contributed by atoms with van der Waals surface area (Å²) in [5.41, 5.74) is 0.970. The Kier molecular flexibility index (Phi) is 7.57. The Hall–Kier alpha value is -1.85. The highest BCUT2D eigenvalue weighted by Gasteiger charge is 2.28. The molecule has 2 nitrogen and oxygen atoms in total. The van der Waals surface area contributed by atoms with Crippen LogP contribution in [0.1, 0.15) is 5.56 Å². The lowest BCUT2D eigenvalue weighted by Crippen LogP contribution is -2.05. The van der Waals surface area contributed by atoms with Crippen molar-refractivity contribution < 1.29 is 18.6 Å². The molecule has 0 heterocycles. The van der Waals surface area contributed by atoms with Crippen molar-refractivity contribution in [1.82, 2.24) is 0 Å².